The van der Waals surface area contributed by atoms with Crippen molar-refractivity contribution in [2.75, 3.05) is 0 Å². The summed E-state index contributed by atoms with van der Waals surface area (Å²) in [5, 5.41) is 3.94. The number of hydrogen-bond donors (Lipinski definition) is 1. The largest absolute Gasteiger partial charge is 0.416 e. The Kier molecular flexibility index (Phi) is 5.58. The summed E-state index contributed by atoms with van der Waals surface area (Å²) in [4.78, 5) is 4.30. The predicted molar refractivity (Wildman–Crippen MR) is 90.9 cm³/mol. The van der Waals surface area contributed by atoms with Crippen LogP contribution in [0.25, 0.3) is 11.6 Å². The summed E-state index contributed by atoms with van der Waals surface area (Å²) >= 11 is 0. The van der Waals surface area contributed by atoms with Crippen molar-refractivity contribution in [3.8, 4) is 0 Å². The van der Waals surface area contributed by atoms with Crippen molar-refractivity contribution in [2.24, 2.45) is 5.73 Å². The van der Waals surface area contributed by atoms with Gasteiger partial charge in [0, 0.05) is 6.08 Å². The first-order chi connectivity index (χ1) is 11.3. The second kappa shape index (κ2) is 7.17. The van der Waals surface area contributed by atoms with Crippen LogP contribution < -0.4 is 5.73 Å². The maximum Gasteiger partial charge on any atom is 0.416 e. The molecule has 0 aliphatic heterocycles. The third kappa shape index (κ3) is 4.22. The smallest absolute Gasteiger partial charge is 0.335 e. The summed E-state index contributed by atoms with van der Waals surface area (Å²) in [5.41, 5.74) is 6.08. The van der Waals surface area contributed by atoms with E-state index in [0.29, 0.717) is 17.0 Å². The lowest BCUT2D eigenvalue weighted by Crippen LogP contribution is -2.34. The first-order valence-corrected chi connectivity index (χ1v) is 7.77. The van der Waals surface area contributed by atoms with Crippen LogP contribution in [0.1, 0.15) is 55.4 Å². The van der Waals surface area contributed by atoms with Crippen molar-refractivity contribution in [1.29, 1.82) is 0 Å². The summed E-state index contributed by atoms with van der Waals surface area (Å²) < 4.78 is 43.6. The van der Waals surface area contributed by atoms with Crippen LogP contribution in [0.4, 0.5) is 13.2 Å². The number of hydrogen-bond acceptors (Lipinski definition) is 4. The Bertz CT molecular complexity index is 764. The van der Waals surface area contributed by atoms with Crippen LogP contribution in [0.2, 0.25) is 0 Å². The molecule has 0 saturated heterocycles. The van der Waals surface area contributed by atoms with Crippen LogP contribution in [0.15, 0.2) is 28.8 Å². The highest BCUT2D eigenvalue weighted by Crippen LogP contribution is 2.35. The van der Waals surface area contributed by atoms with Gasteiger partial charge in [0.25, 0.3) is 5.89 Å². The number of benzene rings is 1. The van der Waals surface area contributed by atoms with E-state index < -0.39 is 17.3 Å². The molecule has 0 bridgehead atoms. The average Bonchev–Trinajstić information content (AvgIpc) is 3.17. The molecule has 0 amide bonds. The van der Waals surface area contributed by atoms with E-state index in [4.69, 9.17) is 10.3 Å². The van der Waals surface area contributed by atoms with Gasteiger partial charge in [-0.25, -0.2) is 0 Å². The second-order valence-corrected chi connectivity index (χ2v) is 6.23. The Balaban J connectivity index is 0.00000225. The molecule has 1 saturated carbocycles. The van der Waals surface area contributed by atoms with Crippen LogP contribution in [-0.2, 0) is 11.7 Å². The van der Waals surface area contributed by atoms with E-state index in [-0.39, 0.29) is 18.3 Å². The molecule has 8 heteroatoms. The van der Waals surface area contributed by atoms with Crippen LogP contribution in [0.5, 0.6) is 0 Å². The SMILES string of the molecule is C/C(=C/c1nc(C2(N)CCCC2)no1)c1cccc(C(F)(F)F)c1.Cl. The molecule has 2 N–H and O–H groups in total. The van der Waals surface area contributed by atoms with Crippen molar-refractivity contribution in [3.63, 3.8) is 0 Å². The molecule has 1 aromatic carbocycles. The lowest BCUT2D eigenvalue weighted by atomic mass is 9.99. The summed E-state index contributed by atoms with van der Waals surface area (Å²) in [6.45, 7) is 1.70. The number of rotatable bonds is 3. The third-order valence-corrected chi connectivity index (χ3v) is 4.37. The molecule has 1 fully saturated rings. The van der Waals surface area contributed by atoms with Crippen molar-refractivity contribution < 1.29 is 17.7 Å². The molecule has 1 heterocycles. The molecular formula is C17H19ClF3N3O. The molecule has 4 nitrogen and oxygen atoms in total. The molecule has 0 spiro atoms. The molecule has 1 aliphatic rings. The number of halogens is 4. The van der Waals surface area contributed by atoms with Crippen LogP contribution in [0.3, 0.4) is 0 Å². The highest BCUT2D eigenvalue weighted by molar-refractivity contribution is 5.85. The van der Waals surface area contributed by atoms with Crippen molar-refractivity contribution in [1.82, 2.24) is 10.1 Å². The maximum atomic E-state index is 12.8. The Labute approximate surface area is 149 Å². The lowest BCUT2D eigenvalue weighted by molar-refractivity contribution is -0.137. The van der Waals surface area contributed by atoms with Gasteiger partial charge in [-0.05, 0) is 43.0 Å². The maximum absolute atomic E-state index is 12.8. The zero-order valence-corrected chi connectivity index (χ0v) is 14.5. The zero-order chi connectivity index (χ0) is 17.4. The van der Waals surface area contributed by atoms with Gasteiger partial charge >= 0.3 is 6.18 Å². The van der Waals surface area contributed by atoms with Gasteiger partial charge in [-0.1, -0.05) is 30.1 Å². The van der Waals surface area contributed by atoms with Gasteiger partial charge in [-0.15, -0.1) is 12.4 Å². The van der Waals surface area contributed by atoms with Gasteiger partial charge in [-0.3, -0.25) is 0 Å². The highest BCUT2D eigenvalue weighted by Gasteiger charge is 2.35. The first kappa shape index (κ1) is 19.5. The van der Waals surface area contributed by atoms with E-state index in [1.54, 1.807) is 19.1 Å². The zero-order valence-electron chi connectivity index (χ0n) is 13.6. The Morgan fingerprint density at radius 1 is 1.28 bits per heavy atom. The van der Waals surface area contributed by atoms with E-state index in [1.807, 2.05) is 0 Å². The fourth-order valence-electron chi connectivity index (χ4n) is 2.93. The van der Waals surface area contributed by atoms with Gasteiger partial charge in [-0.2, -0.15) is 18.2 Å². The van der Waals surface area contributed by atoms with E-state index in [9.17, 15) is 13.2 Å². The van der Waals surface area contributed by atoms with Crippen molar-refractivity contribution in [3.05, 3.63) is 47.1 Å². The van der Waals surface area contributed by atoms with Crippen LogP contribution in [0, 0.1) is 0 Å². The molecule has 25 heavy (non-hydrogen) atoms. The molecular weight excluding hydrogens is 355 g/mol. The van der Waals surface area contributed by atoms with Crippen LogP contribution in [-0.4, -0.2) is 10.1 Å². The third-order valence-electron chi connectivity index (χ3n) is 4.37. The Hall–Kier alpha value is -1.86. The lowest BCUT2D eigenvalue weighted by Gasteiger charge is -2.17. The van der Waals surface area contributed by atoms with Gasteiger partial charge in [0.15, 0.2) is 5.82 Å². The molecule has 2 aromatic rings. The minimum absolute atomic E-state index is 0. The molecule has 0 unspecified atom stereocenters. The van der Waals surface area contributed by atoms with Gasteiger partial charge in [0.1, 0.15) is 0 Å². The minimum Gasteiger partial charge on any atom is -0.335 e. The fourth-order valence-corrected chi connectivity index (χ4v) is 2.93. The summed E-state index contributed by atoms with van der Waals surface area (Å²) in [6, 6.07) is 5.13. The Morgan fingerprint density at radius 3 is 2.60 bits per heavy atom. The topological polar surface area (TPSA) is 64.9 Å². The molecule has 136 valence electrons. The highest BCUT2D eigenvalue weighted by atomic mass is 35.5. The number of nitrogens with zero attached hydrogens (tertiary/aromatic N) is 2. The van der Waals surface area contributed by atoms with Crippen molar-refractivity contribution in [2.45, 2.75) is 44.3 Å². The number of alkyl halides is 3. The summed E-state index contributed by atoms with van der Waals surface area (Å²) in [6.07, 6.45) is 0.871. The second-order valence-electron chi connectivity index (χ2n) is 6.23. The minimum atomic E-state index is -4.37. The van der Waals surface area contributed by atoms with Crippen LogP contribution >= 0.6 is 12.4 Å². The number of aromatic nitrogens is 2. The molecule has 0 atom stereocenters. The molecule has 1 aromatic heterocycles. The Morgan fingerprint density at radius 2 is 1.96 bits per heavy atom. The molecule has 1 aliphatic carbocycles. The van der Waals surface area contributed by atoms with Gasteiger partial charge < -0.3 is 10.3 Å². The predicted octanol–water partition coefficient (Wildman–Crippen LogP) is 4.80. The van der Waals surface area contributed by atoms with Gasteiger partial charge in [0.2, 0.25) is 0 Å². The van der Waals surface area contributed by atoms with E-state index in [0.717, 1.165) is 37.8 Å². The van der Waals surface area contributed by atoms with E-state index in [1.165, 1.54) is 6.07 Å². The average molecular weight is 374 g/mol. The number of nitrogens with two attached hydrogens (primary N) is 1. The molecule has 3 rings (SSSR count). The normalized spacial score (nSPS) is 17.4. The summed E-state index contributed by atoms with van der Waals surface area (Å²) in [5.74, 6) is 0.708. The quantitative estimate of drug-likeness (QED) is 0.839. The van der Waals surface area contributed by atoms with E-state index >= 15 is 0 Å². The summed E-state index contributed by atoms with van der Waals surface area (Å²) in [7, 11) is 0. The fraction of sp³-hybridized carbons (Fsp3) is 0.412. The van der Waals surface area contributed by atoms with E-state index in [2.05, 4.69) is 10.1 Å². The monoisotopic (exact) mass is 373 g/mol. The molecule has 0 radical (unpaired) electrons. The number of allylic oxidation sites excluding steroid dienone is 1. The van der Waals surface area contributed by atoms with Crippen molar-refractivity contribution >= 4 is 24.1 Å². The van der Waals surface area contributed by atoms with Gasteiger partial charge in [0.05, 0.1) is 11.1 Å². The first-order valence-electron chi connectivity index (χ1n) is 7.77. The standard InChI is InChI=1S/C17H18F3N3O.ClH/c1-11(12-5-4-6-13(10-12)17(18,19)20)9-14-22-15(23-24-14)16(21)7-2-3-8-16;/h4-6,9-10H,2-3,7-8,21H2,1H3;1H/b11-9-;.